The quantitative estimate of drug-likeness (QED) is 0.644. The van der Waals surface area contributed by atoms with Crippen LogP contribution in [-0.4, -0.2) is 13.1 Å². The van der Waals surface area contributed by atoms with E-state index in [0.29, 0.717) is 5.56 Å². The highest BCUT2D eigenvalue weighted by Gasteiger charge is 2.16. The fourth-order valence-electron chi connectivity index (χ4n) is 2.45. The van der Waals surface area contributed by atoms with Gasteiger partial charge < -0.3 is 4.74 Å². The van der Waals surface area contributed by atoms with E-state index in [9.17, 15) is 4.79 Å². The van der Waals surface area contributed by atoms with Gasteiger partial charge in [-0.3, -0.25) is 0 Å². The molecule has 98 valence electrons. The monoisotopic (exact) mass is 262 g/mol. The molecule has 0 bridgehead atoms. The van der Waals surface area contributed by atoms with E-state index in [0.717, 1.165) is 21.9 Å². The van der Waals surface area contributed by atoms with Gasteiger partial charge in [0.25, 0.3) is 0 Å². The van der Waals surface area contributed by atoms with Gasteiger partial charge in [-0.1, -0.05) is 66.7 Å². The number of methoxy groups -OCH3 is 1. The zero-order valence-corrected chi connectivity index (χ0v) is 11.2. The number of ether oxygens (including phenoxy) is 1. The average Bonchev–Trinajstić information content (AvgIpc) is 2.54. The standard InChI is InChI=1S/C18H14O2/c1-20-18(19)17-15-10-6-5-9-14(15)11-12-16(17)13-7-3-2-4-8-13/h2-12H,1H3. The molecule has 3 aromatic carbocycles. The topological polar surface area (TPSA) is 26.3 Å². The summed E-state index contributed by atoms with van der Waals surface area (Å²) in [4.78, 5) is 12.2. The van der Waals surface area contributed by atoms with Gasteiger partial charge in [0.15, 0.2) is 0 Å². The third-order valence-corrected chi connectivity index (χ3v) is 3.40. The second-order valence-corrected chi connectivity index (χ2v) is 4.57. The molecule has 0 atom stereocenters. The molecule has 2 nitrogen and oxygen atoms in total. The Kier molecular flexibility index (Phi) is 3.21. The van der Waals surface area contributed by atoms with Gasteiger partial charge in [-0.2, -0.15) is 0 Å². The van der Waals surface area contributed by atoms with Crippen molar-refractivity contribution in [1.29, 1.82) is 0 Å². The predicted octanol–water partition coefficient (Wildman–Crippen LogP) is 4.29. The lowest BCUT2D eigenvalue weighted by Crippen LogP contribution is -2.04. The van der Waals surface area contributed by atoms with Crippen molar-refractivity contribution < 1.29 is 9.53 Å². The van der Waals surface area contributed by atoms with Crippen LogP contribution in [0.2, 0.25) is 0 Å². The Bertz CT molecular complexity index is 761. The third kappa shape index (κ3) is 2.05. The van der Waals surface area contributed by atoms with Crippen molar-refractivity contribution in [3.63, 3.8) is 0 Å². The number of carbonyl (C=O) groups excluding carboxylic acids is 1. The molecular formula is C18H14O2. The summed E-state index contributed by atoms with van der Waals surface area (Å²) in [6.07, 6.45) is 0. The highest BCUT2D eigenvalue weighted by molar-refractivity contribution is 6.10. The van der Waals surface area contributed by atoms with E-state index in [-0.39, 0.29) is 5.97 Å². The highest BCUT2D eigenvalue weighted by atomic mass is 16.5. The Morgan fingerprint density at radius 2 is 1.55 bits per heavy atom. The van der Waals surface area contributed by atoms with Gasteiger partial charge >= 0.3 is 5.97 Å². The first-order valence-corrected chi connectivity index (χ1v) is 6.47. The molecule has 0 amide bonds. The normalized spacial score (nSPS) is 10.4. The molecule has 0 saturated carbocycles. The Hall–Kier alpha value is -2.61. The van der Waals surface area contributed by atoms with Crippen molar-refractivity contribution in [2.24, 2.45) is 0 Å². The number of benzene rings is 3. The van der Waals surface area contributed by atoms with Crippen LogP contribution in [-0.2, 0) is 4.74 Å². The van der Waals surface area contributed by atoms with Crippen molar-refractivity contribution in [1.82, 2.24) is 0 Å². The molecule has 0 aliphatic heterocycles. The lowest BCUT2D eigenvalue weighted by molar-refractivity contribution is 0.0604. The molecular weight excluding hydrogens is 248 g/mol. The summed E-state index contributed by atoms with van der Waals surface area (Å²) < 4.78 is 4.97. The highest BCUT2D eigenvalue weighted by Crippen LogP contribution is 2.30. The molecule has 0 N–H and O–H groups in total. The molecule has 0 unspecified atom stereocenters. The zero-order chi connectivity index (χ0) is 13.9. The van der Waals surface area contributed by atoms with Crippen LogP contribution in [0.25, 0.3) is 21.9 Å². The summed E-state index contributed by atoms with van der Waals surface area (Å²) in [5.41, 5.74) is 2.53. The predicted molar refractivity (Wildman–Crippen MR) is 80.7 cm³/mol. The van der Waals surface area contributed by atoms with E-state index >= 15 is 0 Å². The molecule has 0 fully saturated rings. The summed E-state index contributed by atoms with van der Waals surface area (Å²) in [7, 11) is 1.42. The van der Waals surface area contributed by atoms with E-state index in [4.69, 9.17) is 4.74 Å². The molecule has 0 saturated heterocycles. The average molecular weight is 262 g/mol. The Labute approximate surface area is 117 Å². The smallest absolute Gasteiger partial charge is 0.339 e. The number of hydrogen-bond acceptors (Lipinski definition) is 2. The molecule has 0 aliphatic carbocycles. The molecule has 0 spiro atoms. The van der Waals surface area contributed by atoms with Crippen LogP contribution >= 0.6 is 0 Å². The largest absolute Gasteiger partial charge is 0.465 e. The van der Waals surface area contributed by atoms with Gasteiger partial charge in [-0.05, 0) is 21.9 Å². The van der Waals surface area contributed by atoms with Crippen LogP contribution in [0.3, 0.4) is 0 Å². The molecule has 0 aliphatic rings. The number of esters is 1. The Morgan fingerprint density at radius 1 is 0.850 bits per heavy atom. The van der Waals surface area contributed by atoms with E-state index in [1.54, 1.807) is 0 Å². The van der Waals surface area contributed by atoms with Crippen LogP contribution in [0.5, 0.6) is 0 Å². The summed E-state index contributed by atoms with van der Waals surface area (Å²) in [6, 6.07) is 21.7. The number of rotatable bonds is 2. The Balaban J connectivity index is 2.35. The van der Waals surface area contributed by atoms with Gasteiger partial charge in [-0.25, -0.2) is 4.79 Å². The first-order chi connectivity index (χ1) is 9.81. The number of hydrogen-bond donors (Lipinski definition) is 0. The minimum absolute atomic E-state index is 0.305. The fourth-order valence-corrected chi connectivity index (χ4v) is 2.45. The maximum Gasteiger partial charge on any atom is 0.339 e. The van der Waals surface area contributed by atoms with Crippen LogP contribution in [0.4, 0.5) is 0 Å². The molecule has 3 rings (SSSR count). The summed E-state index contributed by atoms with van der Waals surface area (Å²) in [5, 5.41) is 1.95. The van der Waals surface area contributed by atoms with E-state index in [2.05, 4.69) is 0 Å². The van der Waals surface area contributed by atoms with E-state index in [1.165, 1.54) is 7.11 Å². The molecule has 0 radical (unpaired) electrons. The summed E-state index contributed by atoms with van der Waals surface area (Å²) >= 11 is 0. The van der Waals surface area contributed by atoms with Crippen LogP contribution < -0.4 is 0 Å². The maximum absolute atomic E-state index is 12.2. The second-order valence-electron chi connectivity index (χ2n) is 4.57. The van der Waals surface area contributed by atoms with Crippen LogP contribution in [0.1, 0.15) is 10.4 Å². The van der Waals surface area contributed by atoms with Crippen molar-refractivity contribution in [3.8, 4) is 11.1 Å². The molecule has 0 heterocycles. The number of fused-ring (bicyclic) bond motifs is 1. The lowest BCUT2D eigenvalue weighted by atomic mass is 9.94. The Morgan fingerprint density at radius 3 is 2.30 bits per heavy atom. The molecule has 0 aromatic heterocycles. The van der Waals surface area contributed by atoms with E-state index in [1.807, 2.05) is 66.7 Å². The van der Waals surface area contributed by atoms with Gasteiger partial charge in [0.2, 0.25) is 0 Å². The zero-order valence-electron chi connectivity index (χ0n) is 11.2. The van der Waals surface area contributed by atoms with Crippen molar-refractivity contribution >= 4 is 16.7 Å². The maximum atomic E-state index is 12.2. The summed E-state index contributed by atoms with van der Waals surface area (Å²) in [6.45, 7) is 0. The first-order valence-electron chi connectivity index (χ1n) is 6.47. The minimum atomic E-state index is -0.305. The summed E-state index contributed by atoms with van der Waals surface area (Å²) in [5.74, 6) is -0.305. The van der Waals surface area contributed by atoms with Gasteiger partial charge in [0.05, 0.1) is 12.7 Å². The SMILES string of the molecule is COC(=O)c1c(-c2ccccc2)ccc2ccccc12. The molecule has 2 heteroatoms. The molecule has 3 aromatic rings. The van der Waals surface area contributed by atoms with Gasteiger partial charge in [0.1, 0.15) is 0 Å². The fraction of sp³-hybridized carbons (Fsp3) is 0.0556. The van der Waals surface area contributed by atoms with Crippen molar-refractivity contribution in [2.45, 2.75) is 0 Å². The second kappa shape index (κ2) is 5.17. The van der Waals surface area contributed by atoms with Gasteiger partial charge in [-0.15, -0.1) is 0 Å². The van der Waals surface area contributed by atoms with Gasteiger partial charge in [0, 0.05) is 0 Å². The number of carbonyl (C=O) groups is 1. The van der Waals surface area contributed by atoms with Crippen LogP contribution in [0, 0.1) is 0 Å². The lowest BCUT2D eigenvalue weighted by Gasteiger charge is -2.11. The van der Waals surface area contributed by atoms with Crippen LogP contribution in [0.15, 0.2) is 66.7 Å². The minimum Gasteiger partial charge on any atom is -0.465 e. The molecule has 20 heavy (non-hydrogen) atoms. The van der Waals surface area contributed by atoms with Crippen molar-refractivity contribution in [3.05, 3.63) is 72.3 Å². The first kappa shape index (κ1) is 12.4. The van der Waals surface area contributed by atoms with E-state index < -0.39 is 0 Å². The van der Waals surface area contributed by atoms with Crippen molar-refractivity contribution in [2.75, 3.05) is 7.11 Å². The third-order valence-electron chi connectivity index (χ3n) is 3.40.